The van der Waals surface area contributed by atoms with Crippen LogP contribution in [0.1, 0.15) is 17.8 Å². The maximum atomic E-state index is 11.4. The normalized spacial score (nSPS) is 21.9. The van der Waals surface area contributed by atoms with Gasteiger partial charge in [0.2, 0.25) is 0 Å². The standard InChI is InChI=1S/C12H18N2O2S/c1-10-4-3-5-11(13-10)8-14-7-6-12(9-14)17(2,15)16/h3-5,12H,6-9H2,1-2H3. The summed E-state index contributed by atoms with van der Waals surface area (Å²) in [5, 5.41) is -0.202. The lowest BCUT2D eigenvalue weighted by Gasteiger charge is -2.15. The molecule has 0 bridgehead atoms. The van der Waals surface area contributed by atoms with Crippen molar-refractivity contribution in [1.29, 1.82) is 0 Å². The zero-order valence-corrected chi connectivity index (χ0v) is 11.1. The quantitative estimate of drug-likeness (QED) is 0.808. The van der Waals surface area contributed by atoms with Gasteiger partial charge in [-0.25, -0.2) is 8.42 Å². The molecule has 17 heavy (non-hydrogen) atoms. The lowest BCUT2D eigenvalue weighted by atomic mass is 10.3. The molecule has 0 N–H and O–H groups in total. The molecule has 1 atom stereocenters. The van der Waals surface area contributed by atoms with Crippen LogP contribution in [0.15, 0.2) is 18.2 Å². The highest BCUT2D eigenvalue weighted by molar-refractivity contribution is 7.91. The number of sulfone groups is 1. The van der Waals surface area contributed by atoms with Crippen molar-refractivity contribution in [3.8, 4) is 0 Å². The molecule has 0 saturated carbocycles. The molecule has 0 aliphatic carbocycles. The first-order valence-electron chi connectivity index (χ1n) is 5.79. The molecule has 0 amide bonds. The summed E-state index contributed by atoms with van der Waals surface area (Å²) in [7, 11) is -2.90. The molecule has 0 aromatic carbocycles. The van der Waals surface area contributed by atoms with Gasteiger partial charge in [-0.15, -0.1) is 0 Å². The van der Waals surface area contributed by atoms with E-state index in [9.17, 15) is 8.42 Å². The fourth-order valence-corrected chi connectivity index (χ4v) is 3.22. The van der Waals surface area contributed by atoms with Crippen LogP contribution in [0.3, 0.4) is 0 Å². The number of aryl methyl sites for hydroxylation is 1. The van der Waals surface area contributed by atoms with Crippen LogP contribution >= 0.6 is 0 Å². The molecular weight excluding hydrogens is 236 g/mol. The van der Waals surface area contributed by atoms with Crippen molar-refractivity contribution < 1.29 is 8.42 Å². The predicted octanol–water partition coefficient (Wildman–Crippen LogP) is 1.01. The molecule has 2 heterocycles. The van der Waals surface area contributed by atoms with Gasteiger partial charge in [-0.3, -0.25) is 9.88 Å². The molecule has 0 spiro atoms. The van der Waals surface area contributed by atoms with Gasteiger partial charge < -0.3 is 0 Å². The summed E-state index contributed by atoms with van der Waals surface area (Å²) < 4.78 is 22.9. The fourth-order valence-electron chi connectivity index (χ4n) is 2.21. The number of hydrogen-bond donors (Lipinski definition) is 0. The van der Waals surface area contributed by atoms with Crippen molar-refractivity contribution in [1.82, 2.24) is 9.88 Å². The Morgan fingerprint density at radius 3 is 2.82 bits per heavy atom. The van der Waals surface area contributed by atoms with E-state index in [0.717, 1.165) is 30.9 Å². The summed E-state index contributed by atoms with van der Waals surface area (Å²) >= 11 is 0. The smallest absolute Gasteiger partial charge is 0.151 e. The van der Waals surface area contributed by atoms with E-state index in [-0.39, 0.29) is 5.25 Å². The van der Waals surface area contributed by atoms with Crippen LogP contribution in [0.25, 0.3) is 0 Å². The largest absolute Gasteiger partial charge is 0.296 e. The second-order valence-electron chi connectivity index (χ2n) is 4.75. The molecule has 1 unspecified atom stereocenters. The minimum absolute atomic E-state index is 0.202. The van der Waals surface area contributed by atoms with Gasteiger partial charge in [-0.1, -0.05) is 6.07 Å². The summed E-state index contributed by atoms with van der Waals surface area (Å²) in [6.45, 7) is 4.18. The van der Waals surface area contributed by atoms with Gasteiger partial charge in [0.25, 0.3) is 0 Å². The Kier molecular flexibility index (Phi) is 3.49. The van der Waals surface area contributed by atoms with E-state index < -0.39 is 9.84 Å². The summed E-state index contributed by atoms with van der Waals surface area (Å²) in [6.07, 6.45) is 2.07. The summed E-state index contributed by atoms with van der Waals surface area (Å²) in [5.41, 5.74) is 2.01. The lowest BCUT2D eigenvalue weighted by molar-refractivity contribution is 0.327. The first-order valence-corrected chi connectivity index (χ1v) is 7.74. The summed E-state index contributed by atoms with van der Waals surface area (Å²) in [6, 6.07) is 5.94. The highest BCUT2D eigenvalue weighted by Crippen LogP contribution is 2.17. The van der Waals surface area contributed by atoms with E-state index in [1.165, 1.54) is 6.26 Å². The van der Waals surface area contributed by atoms with Gasteiger partial charge >= 0.3 is 0 Å². The predicted molar refractivity (Wildman–Crippen MR) is 67.5 cm³/mol. The van der Waals surface area contributed by atoms with Crippen molar-refractivity contribution in [3.05, 3.63) is 29.6 Å². The molecule has 1 saturated heterocycles. The lowest BCUT2D eigenvalue weighted by Crippen LogP contribution is -2.26. The van der Waals surface area contributed by atoms with E-state index >= 15 is 0 Å². The highest BCUT2D eigenvalue weighted by Gasteiger charge is 2.29. The molecule has 2 rings (SSSR count). The molecule has 1 fully saturated rings. The Balaban J connectivity index is 1.99. The topological polar surface area (TPSA) is 50.3 Å². The molecular formula is C12H18N2O2S. The zero-order valence-electron chi connectivity index (χ0n) is 10.3. The maximum absolute atomic E-state index is 11.4. The molecule has 1 aliphatic rings. The average molecular weight is 254 g/mol. The molecule has 1 aliphatic heterocycles. The van der Waals surface area contributed by atoms with Gasteiger partial charge in [0.15, 0.2) is 9.84 Å². The van der Waals surface area contributed by atoms with Crippen LogP contribution in [0.5, 0.6) is 0 Å². The number of rotatable bonds is 3. The van der Waals surface area contributed by atoms with Crippen LogP contribution < -0.4 is 0 Å². The van der Waals surface area contributed by atoms with Gasteiger partial charge in [-0.2, -0.15) is 0 Å². The summed E-state index contributed by atoms with van der Waals surface area (Å²) in [4.78, 5) is 6.59. The Morgan fingerprint density at radius 1 is 1.47 bits per heavy atom. The highest BCUT2D eigenvalue weighted by atomic mass is 32.2. The van der Waals surface area contributed by atoms with E-state index in [1.807, 2.05) is 25.1 Å². The molecule has 0 radical (unpaired) electrons. The number of nitrogens with zero attached hydrogens (tertiary/aromatic N) is 2. The van der Waals surface area contributed by atoms with Crippen LogP contribution in [-0.4, -0.2) is 42.9 Å². The van der Waals surface area contributed by atoms with Crippen molar-refractivity contribution in [3.63, 3.8) is 0 Å². The average Bonchev–Trinajstić information content (AvgIpc) is 2.65. The Morgan fingerprint density at radius 2 is 2.24 bits per heavy atom. The van der Waals surface area contributed by atoms with Gasteiger partial charge in [0.05, 0.1) is 10.9 Å². The van der Waals surface area contributed by atoms with E-state index in [4.69, 9.17) is 0 Å². The second-order valence-corrected chi connectivity index (χ2v) is 7.07. The minimum Gasteiger partial charge on any atom is -0.296 e. The number of aromatic nitrogens is 1. The van der Waals surface area contributed by atoms with E-state index in [1.54, 1.807) is 0 Å². The van der Waals surface area contributed by atoms with E-state index in [2.05, 4.69) is 9.88 Å². The first-order chi connectivity index (χ1) is 7.95. The number of likely N-dealkylation sites (tertiary alicyclic amines) is 1. The van der Waals surface area contributed by atoms with Crippen molar-refractivity contribution in [2.75, 3.05) is 19.3 Å². The van der Waals surface area contributed by atoms with Gasteiger partial charge in [0.1, 0.15) is 0 Å². The molecule has 1 aromatic rings. The maximum Gasteiger partial charge on any atom is 0.151 e. The Hall–Kier alpha value is -0.940. The van der Waals surface area contributed by atoms with Crippen LogP contribution in [0.2, 0.25) is 0 Å². The summed E-state index contributed by atoms with van der Waals surface area (Å²) in [5.74, 6) is 0. The fraction of sp³-hybridized carbons (Fsp3) is 0.583. The second kappa shape index (κ2) is 4.74. The van der Waals surface area contributed by atoms with Gasteiger partial charge in [-0.05, 0) is 32.0 Å². The van der Waals surface area contributed by atoms with Crippen LogP contribution in [-0.2, 0) is 16.4 Å². The molecule has 1 aromatic heterocycles. The molecule has 5 heteroatoms. The van der Waals surface area contributed by atoms with Crippen molar-refractivity contribution in [2.24, 2.45) is 0 Å². The first kappa shape index (κ1) is 12.5. The number of hydrogen-bond acceptors (Lipinski definition) is 4. The zero-order chi connectivity index (χ0) is 12.5. The Bertz CT molecular complexity index is 499. The monoisotopic (exact) mass is 254 g/mol. The minimum atomic E-state index is -2.90. The third kappa shape index (κ3) is 3.26. The van der Waals surface area contributed by atoms with Gasteiger partial charge in [0, 0.05) is 25.0 Å². The SMILES string of the molecule is Cc1cccc(CN2CCC(S(C)(=O)=O)C2)n1. The number of pyridine rings is 1. The Labute approximate surface area is 103 Å². The van der Waals surface area contributed by atoms with E-state index in [0.29, 0.717) is 6.54 Å². The molecule has 4 nitrogen and oxygen atoms in total. The van der Waals surface area contributed by atoms with Crippen LogP contribution in [0.4, 0.5) is 0 Å². The third-order valence-corrected chi connectivity index (χ3v) is 4.76. The van der Waals surface area contributed by atoms with Crippen LogP contribution in [0, 0.1) is 6.92 Å². The van der Waals surface area contributed by atoms with Crippen molar-refractivity contribution in [2.45, 2.75) is 25.1 Å². The van der Waals surface area contributed by atoms with Crippen molar-refractivity contribution >= 4 is 9.84 Å². The molecule has 94 valence electrons. The third-order valence-electron chi connectivity index (χ3n) is 3.17.